The molecule has 19 heavy (non-hydrogen) atoms. The standard InChI is InChI=1S/C13H16N4O2/c1-9-8-14-4-5-17(9)13(18)11-7-10(15-16-11)12-3-2-6-19-12/h2-3,6-7,9,14H,4-5,8H2,1H3,(H,15,16). The highest BCUT2D eigenvalue weighted by Crippen LogP contribution is 2.19. The molecular formula is C13H16N4O2. The van der Waals surface area contributed by atoms with Gasteiger partial charge in [0.1, 0.15) is 5.69 Å². The molecule has 2 N–H and O–H groups in total. The summed E-state index contributed by atoms with van der Waals surface area (Å²) in [5, 5.41) is 10.2. The number of nitrogens with one attached hydrogen (secondary N) is 2. The zero-order chi connectivity index (χ0) is 13.2. The van der Waals surface area contributed by atoms with Crippen molar-refractivity contribution in [1.82, 2.24) is 20.4 Å². The Kier molecular flexibility index (Phi) is 3.08. The van der Waals surface area contributed by atoms with Gasteiger partial charge in [0.15, 0.2) is 11.5 Å². The van der Waals surface area contributed by atoms with Crippen molar-refractivity contribution in [3.63, 3.8) is 0 Å². The van der Waals surface area contributed by atoms with Gasteiger partial charge in [-0.15, -0.1) is 0 Å². The second-order valence-corrected chi connectivity index (χ2v) is 4.70. The number of carbonyl (C=O) groups excluding carboxylic acids is 1. The fourth-order valence-electron chi connectivity index (χ4n) is 2.28. The van der Waals surface area contributed by atoms with Crippen LogP contribution in [-0.2, 0) is 0 Å². The maximum atomic E-state index is 12.4. The van der Waals surface area contributed by atoms with Gasteiger partial charge in [-0.3, -0.25) is 9.89 Å². The normalized spacial score (nSPS) is 19.6. The minimum atomic E-state index is -0.0388. The third-order valence-corrected chi connectivity index (χ3v) is 3.35. The summed E-state index contributed by atoms with van der Waals surface area (Å²) in [6.45, 7) is 4.39. The number of H-pyrrole nitrogens is 1. The highest BCUT2D eigenvalue weighted by molar-refractivity contribution is 5.93. The maximum Gasteiger partial charge on any atom is 0.274 e. The van der Waals surface area contributed by atoms with Crippen molar-refractivity contribution >= 4 is 5.91 Å². The first-order valence-electron chi connectivity index (χ1n) is 6.36. The Labute approximate surface area is 110 Å². The SMILES string of the molecule is CC1CNCCN1C(=O)c1cc(-c2ccco2)[nH]n1. The van der Waals surface area contributed by atoms with Crippen LogP contribution in [0.1, 0.15) is 17.4 Å². The van der Waals surface area contributed by atoms with Crippen LogP contribution >= 0.6 is 0 Å². The third kappa shape index (κ3) is 2.26. The van der Waals surface area contributed by atoms with Crippen LogP contribution in [-0.4, -0.2) is 46.7 Å². The first-order chi connectivity index (χ1) is 9.25. The van der Waals surface area contributed by atoms with Crippen LogP contribution in [0.15, 0.2) is 28.9 Å². The number of aromatic amines is 1. The van der Waals surface area contributed by atoms with Gasteiger partial charge in [-0.05, 0) is 19.1 Å². The lowest BCUT2D eigenvalue weighted by atomic mass is 10.2. The van der Waals surface area contributed by atoms with Crippen molar-refractivity contribution in [3.05, 3.63) is 30.2 Å². The quantitative estimate of drug-likeness (QED) is 0.848. The summed E-state index contributed by atoms with van der Waals surface area (Å²) < 4.78 is 5.27. The van der Waals surface area contributed by atoms with E-state index >= 15 is 0 Å². The van der Waals surface area contributed by atoms with Crippen LogP contribution in [0.25, 0.3) is 11.5 Å². The zero-order valence-electron chi connectivity index (χ0n) is 10.7. The summed E-state index contributed by atoms with van der Waals surface area (Å²) in [7, 11) is 0. The van der Waals surface area contributed by atoms with Crippen molar-refractivity contribution in [3.8, 4) is 11.5 Å². The molecule has 0 bridgehead atoms. The van der Waals surface area contributed by atoms with Gasteiger partial charge < -0.3 is 14.6 Å². The van der Waals surface area contributed by atoms with Crippen molar-refractivity contribution in [2.24, 2.45) is 0 Å². The van der Waals surface area contributed by atoms with E-state index in [1.807, 2.05) is 17.9 Å². The summed E-state index contributed by atoms with van der Waals surface area (Å²) in [5.74, 6) is 0.642. The molecule has 1 aliphatic heterocycles. The third-order valence-electron chi connectivity index (χ3n) is 3.35. The lowest BCUT2D eigenvalue weighted by molar-refractivity contribution is 0.0649. The first-order valence-corrected chi connectivity index (χ1v) is 6.36. The Morgan fingerprint density at radius 3 is 3.21 bits per heavy atom. The molecule has 6 nitrogen and oxygen atoms in total. The van der Waals surface area contributed by atoms with Crippen molar-refractivity contribution in [2.45, 2.75) is 13.0 Å². The number of nitrogens with zero attached hydrogens (tertiary/aromatic N) is 2. The molecule has 1 fully saturated rings. The van der Waals surface area contributed by atoms with Crippen LogP contribution < -0.4 is 5.32 Å². The van der Waals surface area contributed by atoms with Gasteiger partial charge in [0.05, 0.1) is 6.26 Å². The second-order valence-electron chi connectivity index (χ2n) is 4.70. The Balaban J connectivity index is 1.80. The molecule has 0 aromatic carbocycles. The maximum absolute atomic E-state index is 12.4. The van der Waals surface area contributed by atoms with Crippen LogP contribution in [0.4, 0.5) is 0 Å². The molecule has 1 amide bonds. The molecule has 1 aliphatic rings. The minimum Gasteiger partial charge on any atom is -0.463 e. The van der Waals surface area contributed by atoms with Gasteiger partial charge >= 0.3 is 0 Å². The number of aromatic nitrogens is 2. The summed E-state index contributed by atoms with van der Waals surface area (Å²) in [6.07, 6.45) is 1.59. The predicted molar refractivity (Wildman–Crippen MR) is 69.7 cm³/mol. The Hall–Kier alpha value is -2.08. The van der Waals surface area contributed by atoms with E-state index in [0.29, 0.717) is 18.0 Å². The molecule has 0 spiro atoms. The fourth-order valence-corrected chi connectivity index (χ4v) is 2.28. The molecule has 1 unspecified atom stereocenters. The molecular weight excluding hydrogens is 244 g/mol. The van der Waals surface area contributed by atoms with Gasteiger partial charge in [0.25, 0.3) is 5.91 Å². The Morgan fingerprint density at radius 2 is 2.47 bits per heavy atom. The molecule has 6 heteroatoms. The van der Waals surface area contributed by atoms with Gasteiger partial charge in [0, 0.05) is 31.7 Å². The second kappa shape index (κ2) is 4.89. The van der Waals surface area contributed by atoms with E-state index in [1.165, 1.54) is 0 Å². The van der Waals surface area contributed by atoms with Crippen LogP contribution in [0.3, 0.4) is 0 Å². The van der Waals surface area contributed by atoms with Gasteiger partial charge in [-0.1, -0.05) is 0 Å². The van der Waals surface area contributed by atoms with Crippen LogP contribution in [0, 0.1) is 0 Å². The number of rotatable bonds is 2. The highest BCUT2D eigenvalue weighted by atomic mass is 16.3. The number of hydrogen-bond acceptors (Lipinski definition) is 4. The molecule has 2 aromatic rings. The molecule has 3 heterocycles. The number of amides is 1. The Bertz CT molecular complexity index is 561. The van der Waals surface area contributed by atoms with Crippen molar-refractivity contribution in [1.29, 1.82) is 0 Å². The van der Waals surface area contributed by atoms with Gasteiger partial charge in [-0.25, -0.2) is 0 Å². The van der Waals surface area contributed by atoms with Gasteiger partial charge in [-0.2, -0.15) is 5.10 Å². The molecule has 100 valence electrons. The number of carbonyl (C=O) groups is 1. The molecule has 1 saturated heterocycles. The van der Waals surface area contributed by atoms with E-state index in [9.17, 15) is 4.79 Å². The van der Waals surface area contributed by atoms with Crippen molar-refractivity contribution in [2.75, 3.05) is 19.6 Å². The Morgan fingerprint density at radius 1 is 1.58 bits per heavy atom. The molecule has 2 aromatic heterocycles. The average molecular weight is 260 g/mol. The van der Waals surface area contributed by atoms with E-state index < -0.39 is 0 Å². The van der Waals surface area contributed by atoms with E-state index in [4.69, 9.17) is 4.42 Å². The summed E-state index contributed by atoms with van der Waals surface area (Å²) >= 11 is 0. The van der Waals surface area contributed by atoms with Crippen LogP contribution in [0.2, 0.25) is 0 Å². The topological polar surface area (TPSA) is 74.2 Å². The molecule has 0 aliphatic carbocycles. The van der Waals surface area contributed by atoms with E-state index in [2.05, 4.69) is 15.5 Å². The average Bonchev–Trinajstić information content (AvgIpc) is 3.09. The molecule has 0 saturated carbocycles. The summed E-state index contributed by atoms with van der Waals surface area (Å²) in [5.41, 5.74) is 1.15. The van der Waals surface area contributed by atoms with Crippen molar-refractivity contribution < 1.29 is 9.21 Å². The lowest BCUT2D eigenvalue weighted by Gasteiger charge is -2.33. The van der Waals surface area contributed by atoms with E-state index in [-0.39, 0.29) is 11.9 Å². The monoisotopic (exact) mass is 260 g/mol. The zero-order valence-corrected chi connectivity index (χ0v) is 10.7. The summed E-state index contributed by atoms with van der Waals surface area (Å²) in [4.78, 5) is 14.2. The number of piperazine rings is 1. The number of furan rings is 1. The van der Waals surface area contributed by atoms with Crippen LogP contribution in [0.5, 0.6) is 0 Å². The van der Waals surface area contributed by atoms with E-state index in [1.54, 1.807) is 18.4 Å². The van der Waals surface area contributed by atoms with Gasteiger partial charge in [0.2, 0.25) is 0 Å². The first kappa shape index (κ1) is 12.0. The molecule has 3 rings (SSSR count). The minimum absolute atomic E-state index is 0.0388. The lowest BCUT2D eigenvalue weighted by Crippen LogP contribution is -2.52. The predicted octanol–water partition coefficient (Wildman–Crippen LogP) is 1.10. The smallest absolute Gasteiger partial charge is 0.274 e. The van der Waals surface area contributed by atoms with E-state index in [0.717, 1.165) is 18.8 Å². The number of hydrogen-bond donors (Lipinski definition) is 2. The molecule has 1 atom stereocenters. The highest BCUT2D eigenvalue weighted by Gasteiger charge is 2.25. The molecule has 0 radical (unpaired) electrons. The summed E-state index contributed by atoms with van der Waals surface area (Å²) in [6, 6.07) is 5.55. The largest absolute Gasteiger partial charge is 0.463 e. The fraction of sp³-hybridized carbons (Fsp3) is 0.385.